The third-order valence-electron chi connectivity index (χ3n) is 3.42. The summed E-state index contributed by atoms with van der Waals surface area (Å²) in [5.41, 5.74) is 0.388. The van der Waals surface area contributed by atoms with Crippen LogP contribution in [-0.2, 0) is 4.79 Å². The molecule has 21 heavy (non-hydrogen) atoms. The highest BCUT2D eigenvalue weighted by Gasteiger charge is 2.10. The molecule has 5 heteroatoms. The Labute approximate surface area is 124 Å². The van der Waals surface area contributed by atoms with Gasteiger partial charge >= 0.3 is 5.97 Å². The molecule has 1 saturated heterocycles. The molecule has 1 heterocycles. The van der Waals surface area contributed by atoms with Crippen molar-refractivity contribution < 1.29 is 14.6 Å². The molecule has 0 saturated carbocycles. The van der Waals surface area contributed by atoms with Crippen molar-refractivity contribution in [1.29, 1.82) is 5.26 Å². The summed E-state index contributed by atoms with van der Waals surface area (Å²) in [6, 6.07) is 8.71. The average molecular weight is 286 g/mol. The van der Waals surface area contributed by atoms with Crippen molar-refractivity contribution in [2.45, 2.75) is 12.8 Å². The summed E-state index contributed by atoms with van der Waals surface area (Å²) in [6.07, 6.45) is 3.88. The maximum atomic E-state index is 10.7. The van der Waals surface area contributed by atoms with E-state index >= 15 is 0 Å². The fourth-order valence-corrected chi connectivity index (χ4v) is 2.27. The van der Waals surface area contributed by atoms with Crippen LogP contribution in [0.15, 0.2) is 29.8 Å². The minimum absolute atomic E-state index is 0.280. The van der Waals surface area contributed by atoms with Crippen LogP contribution in [0.4, 0.5) is 0 Å². The summed E-state index contributed by atoms with van der Waals surface area (Å²) in [5, 5.41) is 17.5. The third kappa shape index (κ3) is 4.62. The van der Waals surface area contributed by atoms with Gasteiger partial charge in [-0.05, 0) is 49.7 Å². The number of rotatable bonds is 6. The smallest absolute Gasteiger partial charge is 0.346 e. The summed E-state index contributed by atoms with van der Waals surface area (Å²) < 4.78 is 5.66. The van der Waals surface area contributed by atoms with Crippen LogP contribution in [0.5, 0.6) is 5.75 Å². The Balaban J connectivity index is 1.86. The van der Waals surface area contributed by atoms with Crippen molar-refractivity contribution in [2.75, 3.05) is 26.2 Å². The maximum absolute atomic E-state index is 10.7. The Bertz CT molecular complexity index is 552. The summed E-state index contributed by atoms with van der Waals surface area (Å²) in [7, 11) is 0. The molecule has 0 amide bonds. The van der Waals surface area contributed by atoms with Gasteiger partial charge in [0.15, 0.2) is 0 Å². The van der Waals surface area contributed by atoms with Crippen molar-refractivity contribution in [3.05, 3.63) is 35.4 Å². The second-order valence-corrected chi connectivity index (χ2v) is 4.94. The summed E-state index contributed by atoms with van der Waals surface area (Å²) in [5.74, 6) is -0.469. The molecule has 0 spiro atoms. The topological polar surface area (TPSA) is 73.6 Å². The molecule has 0 atom stereocenters. The predicted molar refractivity (Wildman–Crippen MR) is 78.8 cm³/mol. The highest BCUT2D eigenvalue weighted by atomic mass is 16.5. The lowest BCUT2D eigenvalue weighted by Gasteiger charge is -2.14. The van der Waals surface area contributed by atoms with Crippen LogP contribution in [-0.4, -0.2) is 42.2 Å². The third-order valence-corrected chi connectivity index (χ3v) is 3.42. The second-order valence-electron chi connectivity index (χ2n) is 4.94. The molecular weight excluding hydrogens is 268 g/mol. The number of benzene rings is 1. The quantitative estimate of drug-likeness (QED) is 0.640. The minimum atomic E-state index is -1.22. The van der Waals surface area contributed by atoms with Gasteiger partial charge in [0.1, 0.15) is 24.0 Å². The van der Waals surface area contributed by atoms with Gasteiger partial charge in [-0.3, -0.25) is 4.90 Å². The minimum Gasteiger partial charge on any atom is -0.492 e. The van der Waals surface area contributed by atoms with E-state index in [-0.39, 0.29) is 5.57 Å². The molecule has 0 unspecified atom stereocenters. The molecule has 0 aliphatic carbocycles. The first kappa shape index (κ1) is 15.1. The molecular formula is C16H18N2O3. The van der Waals surface area contributed by atoms with Gasteiger partial charge in [0.05, 0.1) is 0 Å². The van der Waals surface area contributed by atoms with Gasteiger partial charge in [-0.1, -0.05) is 12.1 Å². The van der Waals surface area contributed by atoms with E-state index in [0.717, 1.165) is 25.4 Å². The van der Waals surface area contributed by atoms with Crippen LogP contribution in [0.2, 0.25) is 0 Å². The van der Waals surface area contributed by atoms with Gasteiger partial charge in [0.2, 0.25) is 0 Å². The van der Waals surface area contributed by atoms with Gasteiger partial charge in [-0.2, -0.15) is 5.26 Å². The van der Waals surface area contributed by atoms with Crippen molar-refractivity contribution in [3.8, 4) is 11.8 Å². The van der Waals surface area contributed by atoms with E-state index in [1.165, 1.54) is 18.9 Å². The monoisotopic (exact) mass is 286 g/mol. The molecule has 0 aromatic heterocycles. The Morgan fingerprint density at radius 1 is 1.33 bits per heavy atom. The molecule has 1 aromatic carbocycles. The van der Waals surface area contributed by atoms with Gasteiger partial charge in [-0.15, -0.1) is 0 Å². The van der Waals surface area contributed by atoms with Crippen molar-refractivity contribution in [3.63, 3.8) is 0 Å². The van der Waals surface area contributed by atoms with E-state index < -0.39 is 5.97 Å². The maximum Gasteiger partial charge on any atom is 0.346 e. The summed E-state index contributed by atoms with van der Waals surface area (Å²) >= 11 is 0. The number of ether oxygens (including phenoxy) is 1. The first-order chi connectivity index (χ1) is 10.2. The number of aliphatic carboxylic acids is 1. The number of carboxylic acid groups (broad SMARTS) is 1. The number of hydrogen-bond donors (Lipinski definition) is 1. The zero-order chi connectivity index (χ0) is 15.1. The van der Waals surface area contributed by atoms with E-state index in [2.05, 4.69) is 4.90 Å². The molecule has 1 aliphatic rings. The lowest BCUT2D eigenvalue weighted by atomic mass is 10.1. The summed E-state index contributed by atoms with van der Waals surface area (Å²) in [6.45, 7) is 3.88. The number of hydrogen-bond acceptors (Lipinski definition) is 4. The molecule has 0 bridgehead atoms. The van der Waals surface area contributed by atoms with E-state index in [1.807, 2.05) is 0 Å². The zero-order valence-electron chi connectivity index (χ0n) is 11.8. The van der Waals surface area contributed by atoms with Crippen LogP contribution >= 0.6 is 0 Å². The Morgan fingerprint density at radius 2 is 2.00 bits per heavy atom. The highest BCUT2D eigenvalue weighted by molar-refractivity contribution is 5.96. The first-order valence-electron chi connectivity index (χ1n) is 6.99. The average Bonchev–Trinajstić information content (AvgIpc) is 2.99. The van der Waals surface area contributed by atoms with E-state index in [0.29, 0.717) is 12.2 Å². The fourth-order valence-electron chi connectivity index (χ4n) is 2.27. The number of nitriles is 1. The number of carbonyl (C=O) groups is 1. The lowest BCUT2D eigenvalue weighted by molar-refractivity contribution is -0.132. The standard InChI is InChI=1S/C16H18N2O3/c17-12-14(16(19)20)11-13-3-5-15(6-4-13)21-10-9-18-7-1-2-8-18/h3-6,11H,1-2,7-10H2,(H,19,20). The second kappa shape index (κ2) is 7.46. The number of nitrogens with zero attached hydrogens (tertiary/aromatic N) is 2. The molecule has 1 aromatic rings. The Morgan fingerprint density at radius 3 is 2.57 bits per heavy atom. The van der Waals surface area contributed by atoms with Crippen molar-refractivity contribution in [1.82, 2.24) is 4.90 Å². The van der Waals surface area contributed by atoms with E-state index in [4.69, 9.17) is 15.1 Å². The van der Waals surface area contributed by atoms with Crippen molar-refractivity contribution in [2.24, 2.45) is 0 Å². The first-order valence-corrected chi connectivity index (χ1v) is 6.99. The summed E-state index contributed by atoms with van der Waals surface area (Å²) in [4.78, 5) is 13.1. The van der Waals surface area contributed by atoms with Gasteiger partial charge in [-0.25, -0.2) is 4.79 Å². The molecule has 1 N–H and O–H groups in total. The Kier molecular flexibility index (Phi) is 5.35. The van der Waals surface area contributed by atoms with Crippen LogP contribution in [0.3, 0.4) is 0 Å². The van der Waals surface area contributed by atoms with E-state index in [9.17, 15) is 4.79 Å². The molecule has 5 nitrogen and oxygen atoms in total. The predicted octanol–water partition coefficient (Wildman–Crippen LogP) is 2.15. The largest absolute Gasteiger partial charge is 0.492 e. The van der Waals surface area contributed by atoms with Gasteiger partial charge in [0.25, 0.3) is 0 Å². The van der Waals surface area contributed by atoms with Crippen LogP contribution < -0.4 is 4.74 Å². The van der Waals surface area contributed by atoms with Crippen LogP contribution in [0.25, 0.3) is 6.08 Å². The molecule has 1 fully saturated rings. The number of likely N-dealkylation sites (tertiary alicyclic amines) is 1. The SMILES string of the molecule is N#CC(=Cc1ccc(OCCN2CCCC2)cc1)C(=O)O. The van der Waals surface area contributed by atoms with Crippen molar-refractivity contribution >= 4 is 12.0 Å². The van der Waals surface area contributed by atoms with Gasteiger partial charge in [0, 0.05) is 6.54 Å². The zero-order valence-corrected chi connectivity index (χ0v) is 11.8. The van der Waals surface area contributed by atoms with E-state index in [1.54, 1.807) is 30.3 Å². The lowest BCUT2D eigenvalue weighted by Crippen LogP contribution is -2.25. The Hall–Kier alpha value is -2.32. The fraction of sp³-hybridized carbons (Fsp3) is 0.375. The van der Waals surface area contributed by atoms with Crippen LogP contribution in [0, 0.1) is 11.3 Å². The van der Waals surface area contributed by atoms with Gasteiger partial charge < -0.3 is 9.84 Å². The normalized spacial score (nSPS) is 15.7. The molecule has 110 valence electrons. The molecule has 0 radical (unpaired) electrons. The molecule has 2 rings (SSSR count). The molecule has 1 aliphatic heterocycles. The number of carboxylic acids is 1. The highest BCUT2D eigenvalue weighted by Crippen LogP contribution is 2.15. The van der Waals surface area contributed by atoms with Crippen LogP contribution in [0.1, 0.15) is 18.4 Å².